The molecule has 0 bridgehead atoms. The van der Waals surface area contributed by atoms with E-state index in [-0.39, 0.29) is 0 Å². The standard InChI is InChI=1S/C10H26N4P/c1-10(2)9-11-15(12(3)4,13(5)6)14(7)8/h9-10H,1-8H3/q+1. The van der Waals surface area contributed by atoms with Gasteiger partial charge in [-0.05, 0) is 5.92 Å². The maximum absolute atomic E-state index is 4.82. The summed E-state index contributed by atoms with van der Waals surface area (Å²) in [5.74, 6) is 0.490. The van der Waals surface area contributed by atoms with Crippen LogP contribution in [-0.2, 0) is 0 Å². The largest absolute Gasteiger partial charge is 0.352 e. The van der Waals surface area contributed by atoms with E-state index in [1.807, 2.05) is 6.21 Å². The number of hydrogen-bond acceptors (Lipinski definition) is 4. The Bertz CT molecular complexity index is 190. The zero-order valence-corrected chi connectivity index (χ0v) is 12.3. The van der Waals surface area contributed by atoms with Gasteiger partial charge in [-0.2, -0.15) is 0 Å². The van der Waals surface area contributed by atoms with Gasteiger partial charge in [0.25, 0.3) is 0 Å². The van der Waals surface area contributed by atoms with Gasteiger partial charge in [0, 0.05) is 42.3 Å². The van der Waals surface area contributed by atoms with Crippen LogP contribution in [0, 0.1) is 5.92 Å². The molecule has 0 aliphatic heterocycles. The molecule has 0 aliphatic rings. The van der Waals surface area contributed by atoms with Crippen LogP contribution in [0.4, 0.5) is 0 Å². The second kappa shape index (κ2) is 5.90. The lowest BCUT2D eigenvalue weighted by Gasteiger charge is -2.34. The molecular weight excluding hydrogens is 207 g/mol. The molecule has 0 aromatic rings. The van der Waals surface area contributed by atoms with E-state index in [0.29, 0.717) is 5.92 Å². The minimum absolute atomic E-state index is 0.490. The van der Waals surface area contributed by atoms with E-state index in [1.165, 1.54) is 0 Å². The van der Waals surface area contributed by atoms with E-state index in [2.05, 4.69) is 70.1 Å². The van der Waals surface area contributed by atoms with Crippen molar-refractivity contribution in [3.63, 3.8) is 0 Å². The van der Waals surface area contributed by atoms with Gasteiger partial charge in [0.05, 0.1) is 6.21 Å². The fourth-order valence-corrected chi connectivity index (χ4v) is 4.82. The molecular formula is C10H26N4P+. The normalized spacial score (nSPS) is 14.1. The molecule has 0 atom stereocenters. The summed E-state index contributed by atoms with van der Waals surface area (Å²) in [6, 6.07) is 0. The van der Waals surface area contributed by atoms with Gasteiger partial charge in [-0.25, -0.2) is 0 Å². The van der Waals surface area contributed by atoms with Gasteiger partial charge in [-0.15, -0.1) is 14.0 Å². The van der Waals surface area contributed by atoms with Crippen molar-refractivity contribution in [3.8, 4) is 0 Å². The Morgan fingerprint density at radius 2 is 1.20 bits per heavy atom. The predicted molar refractivity (Wildman–Crippen MR) is 71.3 cm³/mol. The van der Waals surface area contributed by atoms with Crippen molar-refractivity contribution in [2.75, 3.05) is 42.3 Å². The van der Waals surface area contributed by atoms with Crippen LogP contribution in [-0.4, -0.2) is 62.5 Å². The number of hydrogen-bond donors (Lipinski definition) is 0. The monoisotopic (exact) mass is 233 g/mol. The van der Waals surface area contributed by atoms with Crippen LogP contribution >= 0.6 is 7.87 Å². The molecule has 90 valence electrons. The molecule has 0 unspecified atom stereocenters. The first-order chi connectivity index (χ1) is 6.75. The van der Waals surface area contributed by atoms with Crippen LogP contribution in [0.3, 0.4) is 0 Å². The van der Waals surface area contributed by atoms with Gasteiger partial charge in [0.1, 0.15) is 0 Å². The van der Waals surface area contributed by atoms with Crippen LogP contribution in [0.2, 0.25) is 0 Å². The van der Waals surface area contributed by atoms with Crippen molar-refractivity contribution < 1.29 is 0 Å². The Labute approximate surface area is 95.5 Å². The fourth-order valence-electron chi connectivity index (χ4n) is 1.61. The van der Waals surface area contributed by atoms with Gasteiger partial charge in [-0.1, -0.05) is 18.6 Å². The van der Waals surface area contributed by atoms with E-state index in [1.54, 1.807) is 0 Å². The third kappa shape index (κ3) is 3.49. The van der Waals surface area contributed by atoms with Crippen molar-refractivity contribution >= 4 is 14.1 Å². The molecule has 0 N–H and O–H groups in total. The smallest absolute Gasteiger partial charge is 0.134 e. The summed E-state index contributed by atoms with van der Waals surface area (Å²) in [6.45, 7) is 4.30. The van der Waals surface area contributed by atoms with E-state index in [9.17, 15) is 0 Å². The van der Waals surface area contributed by atoms with Crippen LogP contribution in [0.15, 0.2) is 4.76 Å². The summed E-state index contributed by atoms with van der Waals surface area (Å²) in [4.78, 5) is 0. The zero-order chi connectivity index (χ0) is 12.2. The first-order valence-electron chi connectivity index (χ1n) is 5.23. The highest BCUT2D eigenvalue weighted by Crippen LogP contribution is 2.64. The molecule has 4 nitrogen and oxygen atoms in total. The molecule has 0 spiro atoms. The van der Waals surface area contributed by atoms with Crippen LogP contribution in [0.25, 0.3) is 0 Å². The number of rotatable bonds is 5. The number of nitrogens with zero attached hydrogens (tertiary/aromatic N) is 4. The van der Waals surface area contributed by atoms with Gasteiger partial charge < -0.3 is 0 Å². The van der Waals surface area contributed by atoms with Gasteiger partial charge >= 0.3 is 7.87 Å². The molecule has 0 rings (SSSR count). The third-order valence-electron chi connectivity index (χ3n) is 2.13. The van der Waals surface area contributed by atoms with Crippen molar-refractivity contribution in [2.24, 2.45) is 10.7 Å². The molecule has 15 heavy (non-hydrogen) atoms. The summed E-state index contributed by atoms with van der Waals surface area (Å²) in [5, 5.41) is 0. The molecule has 0 fully saturated rings. The van der Waals surface area contributed by atoms with Gasteiger partial charge in [0.15, 0.2) is 0 Å². The predicted octanol–water partition coefficient (Wildman–Crippen LogP) is 2.08. The molecule has 0 saturated carbocycles. The van der Waals surface area contributed by atoms with Gasteiger partial charge in [-0.3, -0.25) is 0 Å². The highest BCUT2D eigenvalue weighted by atomic mass is 31.2. The van der Waals surface area contributed by atoms with Crippen molar-refractivity contribution in [1.82, 2.24) is 14.0 Å². The lowest BCUT2D eigenvalue weighted by atomic mass is 10.3. The van der Waals surface area contributed by atoms with Gasteiger partial charge in [0.2, 0.25) is 0 Å². The Morgan fingerprint density at radius 1 is 0.867 bits per heavy atom. The summed E-state index contributed by atoms with van der Waals surface area (Å²) in [6.07, 6.45) is 2.05. The summed E-state index contributed by atoms with van der Waals surface area (Å²) in [5.41, 5.74) is 0. The van der Waals surface area contributed by atoms with Crippen LogP contribution < -0.4 is 0 Å². The summed E-state index contributed by atoms with van der Waals surface area (Å²) >= 11 is 0. The van der Waals surface area contributed by atoms with E-state index < -0.39 is 7.87 Å². The summed E-state index contributed by atoms with van der Waals surface area (Å²) < 4.78 is 11.5. The Hall–Kier alpha value is -0.0200. The zero-order valence-electron chi connectivity index (χ0n) is 11.4. The molecule has 5 heteroatoms. The quantitative estimate of drug-likeness (QED) is 0.536. The Kier molecular flexibility index (Phi) is 5.89. The molecule has 0 heterocycles. The topological polar surface area (TPSA) is 22.1 Å². The highest BCUT2D eigenvalue weighted by Gasteiger charge is 2.48. The maximum Gasteiger partial charge on any atom is 0.352 e. The molecule has 0 radical (unpaired) electrons. The van der Waals surface area contributed by atoms with E-state index in [4.69, 9.17) is 4.76 Å². The molecule has 0 aliphatic carbocycles. The molecule has 0 saturated heterocycles. The van der Waals surface area contributed by atoms with Crippen LogP contribution in [0.1, 0.15) is 13.8 Å². The maximum atomic E-state index is 4.82. The lowest BCUT2D eigenvalue weighted by molar-refractivity contribution is 0.461. The minimum atomic E-state index is -1.70. The Morgan fingerprint density at radius 3 is 1.40 bits per heavy atom. The third-order valence-corrected chi connectivity index (χ3v) is 5.79. The summed E-state index contributed by atoms with van der Waals surface area (Å²) in [7, 11) is 10.8. The van der Waals surface area contributed by atoms with Crippen LogP contribution in [0.5, 0.6) is 0 Å². The van der Waals surface area contributed by atoms with Crippen molar-refractivity contribution in [2.45, 2.75) is 13.8 Å². The highest BCUT2D eigenvalue weighted by molar-refractivity contribution is 7.67. The second-order valence-corrected chi connectivity index (χ2v) is 8.29. The molecule has 0 aromatic carbocycles. The Balaban J connectivity index is 5.14. The fraction of sp³-hybridized carbons (Fsp3) is 0.900. The molecule has 0 amide bonds. The van der Waals surface area contributed by atoms with E-state index in [0.717, 1.165) is 0 Å². The first kappa shape index (κ1) is 15.0. The second-order valence-electron chi connectivity index (χ2n) is 4.59. The van der Waals surface area contributed by atoms with E-state index >= 15 is 0 Å². The first-order valence-corrected chi connectivity index (χ1v) is 6.83. The minimum Gasteiger partial charge on any atom is -0.134 e. The average molecular weight is 233 g/mol. The SMILES string of the molecule is CC(C)C=N[P+](N(C)C)(N(C)C)N(C)C. The van der Waals surface area contributed by atoms with Crippen molar-refractivity contribution in [3.05, 3.63) is 0 Å². The lowest BCUT2D eigenvalue weighted by Crippen LogP contribution is -2.34. The average Bonchev–Trinajstić information content (AvgIpc) is 2.02. The van der Waals surface area contributed by atoms with Crippen molar-refractivity contribution in [1.29, 1.82) is 0 Å². The molecule has 0 aromatic heterocycles.